The van der Waals surface area contributed by atoms with Crippen LogP contribution in [0.25, 0.3) is 16.6 Å². The number of pyridine rings is 2. The monoisotopic (exact) mass is 337 g/mol. The highest BCUT2D eigenvalue weighted by molar-refractivity contribution is 6.33. The smallest absolute Gasteiger partial charge is 0.228 e. The molecule has 4 rings (SSSR count). The summed E-state index contributed by atoms with van der Waals surface area (Å²) in [5.74, 6) is 0.683. The molecule has 0 aliphatic heterocycles. The van der Waals surface area contributed by atoms with Crippen molar-refractivity contribution in [3.05, 3.63) is 47.4 Å². The van der Waals surface area contributed by atoms with Gasteiger partial charge in [0.1, 0.15) is 11.8 Å². The van der Waals surface area contributed by atoms with Crippen LogP contribution in [0.4, 0.5) is 5.82 Å². The van der Waals surface area contributed by atoms with Gasteiger partial charge in [-0.2, -0.15) is 10.4 Å². The number of aromatic nitrogens is 3. The molecule has 3 aromatic rings. The van der Waals surface area contributed by atoms with Gasteiger partial charge in [0.25, 0.3) is 0 Å². The molecule has 1 saturated carbocycles. The van der Waals surface area contributed by atoms with Gasteiger partial charge >= 0.3 is 0 Å². The maximum absolute atomic E-state index is 11.8. The molecule has 7 heteroatoms. The molecular formula is C17H12ClN5O. The number of halogens is 1. The lowest BCUT2D eigenvalue weighted by atomic mass is 10.1. The lowest BCUT2D eigenvalue weighted by Crippen LogP contribution is -2.13. The molecule has 3 aromatic heterocycles. The number of fused-ring (bicyclic) bond motifs is 1. The molecule has 0 aromatic carbocycles. The summed E-state index contributed by atoms with van der Waals surface area (Å²) in [4.78, 5) is 15.8. The summed E-state index contributed by atoms with van der Waals surface area (Å²) in [5, 5.41) is 16.6. The van der Waals surface area contributed by atoms with Crippen molar-refractivity contribution in [2.45, 2.75) is 12.8 Å². The molecule has 0 unspecified atom stereocenters. The van der Waals surface area contributed by atoms with Gasteiger partial charge in [-0.15, -0.1) is 0 Å². The number of carbonyl (C=O) groups is 1. The lowest BCUT2D eigenvalue weighted by molar-refractivity contribution is -0.117. The number of rotatable bonds is 3. The maximum Gasteiger partial charge on any atom is 0.228 e. The van der Waals surface area contributed by atoms with Gasteiger partial charge in [0.05, 0.1) is 10.5 Å². The van der Waals surface area contributed by atoms with Gasteiger partial charge in [0.2, 0.25) is 5.91 Å². The van der Waals surface area contributed by atoms with E-state index in [0.29, 0.717) is 16.5 Å². The number of amides is 1. The number of nitriles is 1. The van der Waals surface area contributed by atoms with Crippen LogP contribution in [0.15, 0.2) is 36.7 Å². The predicted molar refractivity (Wildman–Crippen MR) is 89.5 cm³/mol. The Morgan fingerprint density at radius 1 is 1.38 bits per heavy atom. The average molecular weight is 338 g/mol. The van der Waals surface area contributed by atoms with E-state index in [1.165, 1.54) is 6.20 Å². The zero-order valence-corrected chi connectivity index (χ0v) is 13.3. The van der Waals surface area contributed by atoms with E-state index < -0.39 is 0 Å². The minimum Gasteiger partial charge on any atom is -0.309 e. The summed E-state index contributed by atoms with van der Waals surface area (Å²) >= 11 is 6.20. The summed E-state index contributed by atoms with van der Waals surface area (Å²) in [6.45, 7) is 0. The normalized spacial score (nSPS) is 13.7. The first-order valence-electron chi connectivity index (χ1n) is 7.50. The van der Waals surface area contributed by atoms with Crippen LogP contribution in [-0.4, -0.2) is 20.5 Å². The lowest BCUT2D eigenvalue weighted by Gasteiger charge is -2.05. The highest BCUT2D eigenvalue weighted by atomic mass is 35.5. The summed E-state index contributed by atoms with van der Waals surface area (Å²) < 4.78 is 1.69. The van der Waals surface area contributed by atoms with Crippen LogP contribution in [0, 0.1) is 17.2 Å². The number of hydrogen-bond acceptors (Lipinski definition) is 4. The van der Waals surface area contributed by atoms with Crippen molar-refractivity contribution in [3.63, 3.8) is 0 Å². The standard InChI is InChI=1S/C17H12ClN5O/c18-15-9-20-12(8-19)6-14(15)11-3-4-23-13(5-11)7-16(22-23)21-17(24)10-1-2-10/h3-7,9-10H,1-2H2,(H,21,22,24). The van der Waals surface area contributed by atoms with Crippen molar-refractivity contribution in [3.8, 4) is 17.2 Å². The second-order valence-electron chi connectivity index (χ2n) is 5.74. The molecule has 118 valence electrons. The van der Waals surface area contributed by atoms with E-state index in [-0.39, 0.29) is 11.8 Å². The summed E-state index contributed by atoms with van der Waals surface area (Å²) in [6, 6.07) is 9.23. The van der Waals surface area contributed by atoms with Crippen molar-refractivity contribution < 1.29 is 4.79 Å². The molecule has 0 saturated heterocycles. The molecule has 1 aliphatic rings. The molecule has 3 heterocycles. The van der Waals surface area contributed by atoms with E-state index in [2.05, 4.69) is 15.4 Å². The first-order chi connectivity index (χ1) is 11.6. The maximum atomic E-state index is 11.8. The van der Waals surface area contributed by atoms with Crippen molar-refractivity contribution in [2.75, 3.05) is 5.32 Å². The highest BCUT2D eigenvalue weighted by Gasteiger charge is 2.30. The van der Waals surface area contributed by atoms with E-state index in [1.807, 2.05) is 24.3 Å². The first-order valence-corrected chi connectivity index (χ1v) is 7.88. The van der Waals surface area contributed by atoms with E-state index in [4.69, 9.17) is 16.9 Å². The van der Waals surface area contributed by atoms with Gasteiger partial charge in [0, 0.05) is 29.9 Å². The van der Waals surface area contributed by atoms with Crippen LogP contribution in [-0.2, 0) is 4.79 Å². The molecule has 1 amide bonds. The van der Waals surface area contributed by atoms with Gasteiger partial charge in [-0.3, -0.25) is 4.79 Å². The predicted octanol–water partition coefficient (Wildman–Crippen LogP) is 3.27. The Hall–Kier alpha value is -2.91. The SMILES string of the molecule is N#Cc1cc(-c2ccn3nc(NC(=O)C4CC4)cc3c2)c(Cl)cn1. The number of nitrogens with one attached hydrogen (secondary N) is 1. The van der Waals surface area contributed by atoms with Crippen LogP contribution in [0.3, 0.4) is 0 Å². The van der Waals surface area contributed by atoms with Crippen molar-refractivity contribution in [2.24, 2.45) is 5.92 Å². The van der Waals surface area contributed by atoms with Crippen LogP contribution >= 0.6 is 11.6 Å². The fourth-order valence-electron chi connectivity index (χ4n) is 2.52. The zero-order chi connectivity index (χ0) is 16.7. The molecule has 1 aliphatic carbocycles. The first kappa shape index (κ1) is 14.7. The number of hydrogen-bond donors (Lipinski definition) is 1. The second kappa shape index (κ2) is 5.62. The topological polar surface area (TPSA) is 83.1 Å². The Morgan fingerprint density at radius 2 is 2.21 bits per heavy atom. The molecular weight excluding hydrogens is 326 g/mol. The van der Waals surface area contributed by atoms with E-state index in [9.17, 15) is 4.79 Å². The van der Waals surface area contributed by atoms with Crippen molar-refractivity contribution >= 4 is 28.8 Å². The van der Waals surface area contributed by atoms with Gasteiger partial charge in [-0.05, 0) is 36.6 Å². The Bertz CT molecular complexity index is 1000. The number of nitrogens with zero attached hydrogens (tertiary/aromatic N) is 4. The van der Waals surface area contributed by atoms with Gasteiger partial charge < -0.3 is 5.32 Å². The molecule has 0 spiro atoms. The van der Waals surface area contributed by atoms with E-state index in [1.54, 1.807) is 16.8 Å². The summed E-state index contributed by atoms with van der Waals surface area (Å²) in [7, 11) is 0. The van der Waals surface area contributed by atoms with E-state index >= 15 is 0 Å². The minimum atomic E-state index is 0.0227. The van der Waals surface area contributed by atoms with Gasteiger partial charge in [0.15, 0.2) is 5.82 Å². The highest BCUT2D eigenvalue weighted by Crippen LogP contribution is 2.31. The fraction of sp³-hybridized carbons (Fsp3) is 0.176. The van der Waals surface area contributed by atoms with Crippen molar-refractivity contribution in [1.82, 2.24) is 14.6 Å². The molecule has 6 nitrogen and oxygen atoms in total. The minimum absolute atomic E-state index is 0.0227. The molecule has 0 radical (unpaired) electrons. The zero-order valence-electron chi connectivity index (χ0n) is 12.5. The van der Waals surface area contributed by atoms with Crippen LogP contribution in [0.5, 0.6) is 0 Å². The van der Waals surface area contributed by atoms with Gasteiger partial charge in [-0.1, -0.05) is 11.6 Å². The third kappa shape index (κ3) is 2.70. The third-order valence-electron chi connectivity index (χ3n) is 3.94. The van der Waals surface area contributed by atoms with Crippen LogP contribution in [0.2, 0.25) is 5.02 Å². The Labute approximate surface area is 142 Å². The van der Waals surface area contributed by atoms with Crippen LogP contribution < -0.4 is 5.32 Å². The van der Waals surface area contributed by atoms with Gasteiger partial charge in [-0.25, -0.2) is 9.50 Å². The fourth-order valence-corrected chi connectivity index (χ4v) is 2.73. The quantitative estimate of drug-likeness (QED) is 0.795. The Kier molecular flexibility index (Phi) is 3.44. The molecule has 24 heavy (non-hydrogen) atoms. The average Bonchev–Trinajstić information content (AvgIpc) is 3.36. The number of anilines is 1. The molecule has 0 bridgehead atoms. The molecule has 1 N–H and O–H groups in total. The largest absolute Gasteiger partial charge is 0.309 e. The molecule has 1 fully saturated rings. The number of carbonyl (C=O) groups excluding carboxylic acids is 1. The Balaban J connectivity index is 1.70. The summed E-state index contributed by atoms with van der Waals surface area (Å²) in [5.41, 5.74) is 2.71. The molecule has 0 atom stereocenters. The second-order valence-corrected chi connectivity index (χ2v) is 6.15. The van der Waals surface area contributed by atoms with Crippen molar-refractivity contribution in [1.29, 1.82) is 5.26 Å². The Morgan fingerprint density at radius 3 is 2.96 bits per heavy atom. The van der Waals surface area contributed by atoms with Crippen LogP contribution in [0.1, 0.15) is 18.5 Å². The summed E-state index contributed by atoms with van der Waals surface area (Å²) in [6.07, 6.45) is 5.16. The third-order valence-corrected chi connectivity index (χ3v) is 4.24. The van der Waals surface area contributed by atoms with E-state index in [0.717, 1.165) is 29.5 Å².